The van der Waals surface area contributed by atoms with Crippen LogP contribution in [0.3, 0.4) is 0 Å². The van der Waals surface area contributed by atoms with Gasteiger partial charge in [-0.15, -0.1) is 12.4 Å². The predicted molar refractivity (Wildman–Crippen MR) is 131 cm³/mol. The Hall–Kier alpha value is -1.26. The smallest absolute Gasteiger partial charge is 0.306 e. The molecule has 0 radical (unpaired) electrons. The first-order valence-corrected chi connectivity index (χ1v) is 12.0. The molecule has 1 aromatic rings. The van der Waals surface area contributed by atoms with Gasteiger partial charge in [0.2, 0.25) is 0 Å². The van der Waals surface area contributed by atoms with Crippen LogP contribution in [0.4, 0.5) is 0 Å². The van der Waals surface area contributed by atoms with Crippen molar-refractivity contribution in [3.63, 3.8) is 0 Å². The van der Waals surface area contributed by atoms with Crippen LogP contribution in [0.2, 0.25) is 0 Å². The average Bonchev–Trinajstić information content (AvgIpc) is 2.75. The van der Waals surface area contributed by atoms with Crippen molar-refractivity contribution in [3.05, 3.63) is 29.8 Å². The second-order valence-electron chi connectivity index (χ2n) is 9.21. The normalized spacial score (nSPS) is 16.4. The number of unbranched alkanes of at least 4 members (excludes halogenated alkanes) is 5. The first-order valence-electron chi connectivity index (χ1n) is 12.0. The monoisotopic (exact) mass is 453 g/mol. The molecule has 1 unspecified atom stereocenters. The first-order chi connectivity index (χ1) is 14.5. The zero-order valence-electron chi connectivity index (χ0n) is 20.2. The van der Waals surface area contributed by atoms with Crippen molar-refractivity contribution in [3.8, 4) is 5.75 Å². The molecule has 0 bridgehead atoms. The number of benzene rings is 1. The Morgan fingerprint density at radius 3 is 2.19 bits per heavy atom. The maximum Gasteiger partial charge on any atom is 0.306 e. The molecule has 0 aliphatic heterocycles. The Bertz CT molecular complexity index is 612. The van der Waals surface area contributed by atoms with E-state index in [4.69, 9.17) is 9.47 Å². The van der Waals surface area contributed by atoms with Crippen LogP contribution in [0.15, 0.2) is 24.3 Å². The molecule has 1 aromatic carbocycles. The molecule has 0 saturated heterocycles. The van der Waals surface area contributed by atoms with E-state index in [0.717, 1.165) is 50.8 Å². The molecule has 1 atom stereocenters. The number of halogens is 1. The lowest BCUT2D eigenvalue weighted by molar-refractivity contribution is -0.167. The Labute approximate surface area is 196 Å². The fourth-order valence-corrected chi connectivity index (χ4v) is 4.78. The van der Waals surface area contributed by atoms with Gasteiger partial charge in [0, 0.05) is 18.9 Å². The number of carbonyl (C=O) groups is 1. The highest BCUT2D eigenvalue weighted by Crippen LogP contribution is 2.44. The third-order valence-corrected chi connectivity index (χ3v) is 6.45. The Morgan fingerprint density at radius 2 is 1.61 bits per heavy atom. The van der Waals surface area contributed by atoms with Crippen LogP contribution in [-0.4, -0.2) is 44.2 Å². The van der Waals surface area contributed by atoms with E-state index in [1.165, 1.54) is 37.7 Å². The van der Waals surface area contributed by atoms with Crippen molar-refractivity contribution in [1.29, 1.82) is 0 Å². The summed E-state index contributed by atoms with van der Waals surface area (Å²) in [6.45, 7) is 3.10. The predicted octanol–water partition coefficient (Wildman–Crippen LogP) is 6.76. The lowest BCUT2D eigenvalue weighted by Gasteiger charge is -2.44. The summed E-state index contributed by atoms with van der Waals surface area (Å²) in [5.41, 5.74) is 0.843. The van der Waals surface area contributed by atoms with Gasteiger partial charge >= 0.3 is 5.97 Å². The van der Waals surface area contributed by atoms with Crippen molar-refractivity contribution in [2.75, 3.05) is 27.7 Å². The number of hydrogen-bond acceptors (Lipinski definition) is 4. The maximum atomic E-state index is 12.9. The second kappa shape index (κ2) is 14.7. The van der Waals surface area contributed by atoms with Crippen molar-refractivity contribution < 1.29 is 14.3 Å². The summed E-state index contributed by atoms with van der Waals surface area (Å²) in [5, 5.41) is 0. The second-order valence-corrected chi connectivity index (χ2v) is 9.21. The van der Waals surface area contributed by atoms with E-state index in [9.17, 15) is 4.79 Å². The summed E-state index contributed by atoms with van der Waals surface area (Å²) in [4.78, 5) is 15.1. The number of carbonyl (C=O) groups excluding carboxylic acids is 1. The molecule has 5 heteroatoms. The van der Waals surface area contributed by atoms with Gasteiger partial charge in [-0.2, -0.15) is 0 Å². The van der Waals surface area contributed by atoms with Crippen molar-refractivity contribution in [1.82, 2.24) is 4.90 Å². The van der Waals surface area contributed by atoms with Crippen LogP contribution >= 0.6 is 12.4 Å². The molecule has 1 saturated carbocycles. The van der Waals surface area contributed by atoms with E-state index in [-0.39, 0.29) is 24.3 Å². The van der Waals surface area contributed by atoms with E-state index < -0.39 is 5.60 Å². The quantitative estimate of drug-likeness (QED) is 0.244. The summed E-state index contributed by atoms with van der Waals surface area (Å²) in [7, 11) is 5.90. The first kappa shape index (κ1) is 27.8. The lowest BCUT2D eigenvalue weighted by atomic mass is 9.72. The molecule has 2 rings (SSSR count). The minimum Gasteiger partial charge on any atom is -0.497 e. The summed E-state index contributed by atoms with van der Waals surface area (Å²) < 4.78 is 11.7. The number of esters is 1. The molecule has 1 fully saturated rings. The molecule has 0 spiro atoms. The van der Waals surface area contributed by atoms with E-state index in [0.29, 0.717) is 6.42 Å². The van der Waals surface area contributed by atoms with Crippen LogP contribution in [0.5, 0.6) is 5.75 Å². The highest BCUT2D eigenvalue weighted by molar-refractivity contribution is 5.85. The van der Waals surface area contributed by atoms with Gasteiger partial charge in [0.25, 0.3) is 0 Å². The molecule has 0 aromatic heterocycles. The number of methoxy groups -OCH3 is 1. The molecular weight excluding hydrogens is 410 g/mol. The van der Waals surface area contributed by atoms with Crippen LogP contribution < -0.4 is 4.74 Å². The van der Waals surface area contributed by atoms with Crippen LogP contribution in [-0.2, 0) is 9.53 Å². The topological polar surface area (TPSA) is 38.8 Å². The zero-order valence-corrected chi connectivity index (χ0v) is 21.0. The van der Waals surface area contributed by atoms with Gasteiger partial charge < -0.3 is 14.4 Å². The van der Waals surface area contributed by atoms with Crippen LogP contribution in [0.25, 0.3) is 0 Å². The number of nitrogens with zero attached hydrogens (tertiary/aromatic N) is 1. The standard InChI is InChI=1S/C26H43NO3.ClH/c1-5-6-7-8-9-11-14-25(28)30-26(19-12-10-13-20-26)24(21-27(2)3)22-15-17-23(29-4)18-16-22;/h15-18,24H,5-14,19-21H2,1-4H3;1H. The van der Waals surface area contributed by atoms with Gasteiger partial charge in [0.1, 0.15) is 11.4 Å². The summed E-state index contributed by atoms with van der Waals surface area (Å²) in [6.07, 6.45) is 13.1. The SMILES string of the molecule is CCCCCCCCC(=O)OC1(C(CN(C)C)c2ccc(OC)cc2)CCCCC1.Cl. The third kappa shape index (κ3) is 9.02. The van der Waals surface area contributed by atoms with Crippen LogP contribution in [0, 0.1) is 0 Å². The highest BCUT2D eigenvalue weighted by Gasteiger charge is 2.44. The van der Waals surface area contributed by atoms with Crippen LogP contribution in [0.1, 0.15) is 95.5 Å². The van der Waals surface area contributed by atoms with Gasteiger partial charge in [-0.25, -0.2) is 0 Å². The van der Waals surface area contributed by atoms with E-state index in [1.54, 1.807) is 7.11 Å². The van der Waals surface area contributed by atoms with E-state index in [2.05, 4.69) is 38.1 Å². The van der Waals surface area contributed by atoms with Gasteiger partial charge in [-0.1, -0.05) is 57.6 Å². The summed E-state index contributed by atoms with van der Waals surface area (Å²) in [6, 6.07) is 8.33. The van der Waals surface area contributed by atoms with Gasteiger partial charge in [0.15, 0.2) is 0 Å². The largest absolute Gasteiger partial charge is 0.497 e. The maximum absolute atomic E-state index is 12.9. The van der Waals surface area contributed by atoms with Crippen molar-refractivity contribution >= 4 is 18.4 Å². The molecule has 1 aliphatic rings. The molecule has 0 amide bonds. The zero-order chi connectivity index (χ0) is 21.8. The number of likely N-dealkylation sites (N-methyl/N-ethyl adjacent to an activating group) is 1. The van der Waals surface area contributed by atoms with E-state index >= 15 is 0 Å². The Kier molecular flexibility index (Phi) is 13.2. The van der Waals surface area contributed by atoms with Gasteiger partial charge in [0.05, 0.1) is 7.11 Å². The molecule has 4 nitrogen and oxygen atoms in total. The van der Waals surface area contributed by atoms with Crippen molar-refractivity contribution in [2.24, 2.45) is 0 Å². The fourth-order valence-electron chi connectivity index (χ4n) is 4.78. The Morgan fingerprint density at radius 1 is 1.00 bits per heavy atom. The van der Waals surface area contributed by atoms with Gasteiger partial charge in [-0.3, -0.25) is 4.79 Å². The van der Waals surface area contributed by atoms with Crippen molar-refractivity contribution in [2.45, 2.75) is 95.5 Å². The third-order valence-electron chi connectivity index (χ3n) is 6.45. The lowest BCUT2D eigenvalue weighted by Crippen LogP contribution is -2.46. The molecule has 0 heterocycles. The fraction of sp³-hybridized carbons (Fsp3) is 0.731. The Balaban J connectivity index is 0.00000480. The minimum absolute atomic E-state index is 0. The summed E-state index contributed by atoms with van der Waals surface area (Å²) >= 11 is 0. The van der Waals surface area contributed by atoms with Gasteiger partial charge in [-0.05, 0) is 63.9 Å². The number of rotatable bonds is 13. The molecule has 1 aliphatic carbocycles. The molecule has 31 heavy (non-hydrogen) atoms. The minimum atomic E-state index is -0.392. The molecular formula is C26H44ClNO3. The number of hydrogen-bond donors (Lipinski definition) is 0. The summed E-state index contributed by atoms with van der Waals surface area (Å²) in [5.74, 6) is 1.02. The van der Waals surface area contributed by atoms with E-state index in [1.807, 2.05) is 12.1 Å². The highest BCUT2D eigenvalue weighted by atomic mass is 35.5. The number of ether oxygens (including phenoxy) is 2. The average molecular weight is 454 g/mol. The molecule has 0 N–H and O–H groups in total. The molecule has 178 valence electrons.